The molecule has 0 atom stereocenters. The second-order valence-corrected chi connectivity index (χ2v) is 7.39. The molecule has 1 N–H and O–H groups in total. The van der Waals surface area contributed by atoms with Crippen LogP contribution in [0.4, 0.5) is 5.69 Å². The Kier molecular flexibility index (Phi) is 5.81. The topological polar surface area (TPSA) is 47.6 Å². The number of amides is 1. The number of anilines is 1. The van der Waals surface area contributed by atoms with Crippen LogP contribution in [0.25, 0.3) is 0 Å². The summed E-state index contributed by atoms with van der Waals surface area (Å²) in [5.74, 6) is 1.30. The first kappa shape index (κ1) is 19.0. The van der Waals surface area contributed by atoms with Crippen molar-refractivity contribution in [1.29, 1.82) is 0 Å². The number of hydrogen-bond donors (Lipinski definition) is 1. The van der Waals surface area contributed by atoms with Crippen molar-refractivity contribution in [3.63, 3.8) is 0 Å². The smallest absolute Gasteiger partial charge is 0.265 e. The molecule has 3 rings (SSSR count). The molecule has 0 unspecified atom stereocenters. The van der Waals surface area contributed by atoms with Crippen LogP contribution in [0.3, 0.4) is 0 Å². The van der Waals surface area contributed by atoms with E-state index in [4.69, 9.17) is 9.47 Å². The number of aryl methyl sites for hydroxylation is 3. The maximum absolute atomic E-state index is 12.6. The van der Waals surface area contributed by atoms with Gasteiger partial charge in [0.15, 0.2) is 11.5 Å². The van der Waals surface area contributed by atoms with E-state index in [9.17, 15) is 4.79 Å². The quantitative estimate of drug-likeness (QED) is 0.612. The fourth-order valence-corrected chi connectivity index (χ4v) is 3.60. The third kappa shape index (κ3) is 4.49. The molecule has 0 fully saturated rings. The molecule has 140 valence electrons. The van der Waals surface area contributed by atoms with Crippen LogP contribution in [-0.2, 0) is 6.61 Å². The molecular weight excluding hydrogens is 358 g/mol. The summed E-state index contributed by atoms with van der Waals surface area (Å²) in [5, 5.41) is 4.96. The Morgan fingerprint density at radius 3 is 2.48 bits per heavy atom. The Hall–Kier alpha value is -2.79. The Balaban J connectivity index is 1.67. The first-order valence-corrected chi connectivity index (χ1v) is 9.58. The SMILES string of the molecule is COc1cc(C)ccc1OCc1csc(C(=O)Nc2c(C)cccc2C)c1. The molecule has 0 saturated heterocycles. The van der Waals surface area contributed by atoms with Crippen LogP contribution in [-0.4, -0.2) is 13.0 Å². The highest BCUT2D eigenvalue weighted by Gasteiger charge is 2.13. The van der Waals surface area contributed by atoms with Gasteiger partial charge in [0.2, 0.25) is 0 Å². The molecule has 3 aromatic rings. The minimum Gasteiger partial charge on any atom is -0.493 e. The normalized spacial score (nSPS) is 10.5. The molecule has 1 aromatic heterocycles. The molecule has 0 radical (unpaired) electrons. The van der Waals surface area contributed by atoms with Crippen molar-refractivity contribution in [3.05, 3.63) is 75.0 Å². The zero-order valence-corrected chi connectivity index (χ0v) is 16.8. The molecule has 0 aliphatic rings. The second-order valence-electron chi connectivity index (χ2n) is 6.48. The van der Waals surface area contributed by atoms with Gasteiger partial charge in [0.05, 0.1) is 12.0 Å². The van der Waals surface area contributed by atoms with Crippen LogP contribution < -0.4 is 14.8 Å². The molecule has 1 heterocycles. The van der Waals surface area contributed by atoms with E-state index in [0.717, 1.165) is 27.9 Å². The predicted octanol–water partition coefficient (Wildman–Crippen LogP) is 5.51. The van der Waals surface area contributed by atoms with Gasteiger partial charge in [0, 0.05) is 11.3 Å². The van der Waals surface area contributed by atoms with Gasteiger partial charge in [-0.05, 0) is 61.0 Å². The third-order valence-electron chi connectivity index (χ3n) is 4.31. The van der Waals surface area contributed by atoms with Crippen LogP contribution >= 0.6 is 11.3 Å². The van der Waals surface area contributed by atoms with E-state index in [1.54, 1.807) is 7.11 Å². The van der Waals surface area contributed by atoms with Crippen molar-refractivity contribution in [2.45, 2.75) is 27.4 Å². The Bertz CT molecular complexity index is 942. The number of benzene rings is 2. The van der Waals surface area contributed by atoms with E-state index in [-0.39, 0.29) is 5.91 Å². The lowest BCUT2D eigenvalue weighted by atomic mass is 10.1. The summed E-state index contributed by atoms with van der Waals surface area (Å²) in [5.41, 5.74) is 5.04. The average Bonchev–Trinajstić information content (AvgIpc) is 3.12. The van der Waals surface area contributed by atoms with Gasteiger partial charge < -0.3 is 14.8 Å². The standard InChI is InChI=1S/C22H23NO3S/c1-14-8-9-18(19(10-14)25-4)26-12-17-11-20(27-13-17)22(24)23-21-15(2)6-5-7-16(21)3/h5-11,13H,12H2,1-4H3,(H,23,24). The number of hydrogen-bond acceptors (Lipinski definition) is 4. The first-order valence-electron chi connectivity index (χ1n) is 8.70. The summed E-state index contributed by atoms with van der Waals surface area (Å²) in [6.45, 7) is 6.37. The van der Waals surface area contributed by atoms with Crippen LogP contribution in [0.1, 0.15) is 31.9 Å². The van der Waals surface area contributed by atoms with Gasteiger partial charge in [0.25, 0.3) is 5.91 Å². The monoisotopic (exact) mass is 381 g/mol. The number of methoxy groups -OCH3 is 1. The van der Waals surface area contributed by atoms with Crippen LogP contribution in [0.5, 0.6) is 11.5 Å². The largest absolute Gasteiger partial charge is 0.493 e. The molecule has 0 aliphatic carbocycles. The fraction of sp³-hybridized carbons (Fsp3) is 0.227. The highest BCUT2D eigenvalue weighted by molar-refractivity contribution is 7.12. The van der Waals surface area contributed by atoms with Gasteiger partial charge in [-0.1, -0.05) is 24.3 Å². The molecular formula is C22H23NO3S. The molecule has 4 nitrogen and oxygen atoms in total. The lowest BCUT2D eigenvalue weighted by Crippen LogP contribution is -2.12. The molecule has 0 aliphatic heterocycles. The summed E-state index contributed by atoms with van der Waals surface area (Å²) >= 11 is 1.41. The Morgan fingerprint density at radius 2 is 1.78 bits per heavy atom. The minimum atomic E-state index is -0.100. The van der Waals surface area contributed by atoms with E-state index >= 15 is 0 Å². The van der Waals surface area contributed by atoms with Gasteiger partial charge in [-0.15, -0.1) is 11.3 Å². The van der Waals surface area contributed by atoms with E-state index < -0.39 is 0 Å². The maximum Gasteiger partial charge on any atom is 0.265 e. The van der Waals surface area contributed by atoms with Crippen molar-refractivity contribution >= 4 is 22.9 Å². The Labute approximate surface area is 163 Å². The predicted molar refractivity (Wildman–Crippen MR) is 110 cm³/mol. The van der Waals surface area contributed by atoms with Crippen molar-refractivity contribution in [1.82, 2.24) is 0 Å². The van der Waals surface area contributed by atoms with Gasteiger partial charge >= 0.3 is 0 Å². The summed E-state index contributed by atoms with van der Waals surface area (Å²) in [7, 11) is 1.63. The summed E-state index contributed by atoms with van der Waals surface area (Å²) in [6, 6.07) is 13.7. The molecule has 0 spiro atoms. The number of nitrogens with one attached hydrogen (secondary N) is 1. The fourth-order valence-electron chi connectivity index (χ4n) is 2.81. The van der Waals surface area contributed by atoms with Crippen molar-refractivity contribution in [2.24, 2.45) is 0 Å². The van der Waals surface area contributed by atoms with E-state index in [2.05, 4.69) is 5.32 Å². The molecule has 5 heteroatoms. The molecule has 0 saturated carbocycles. The lowest BCUT2D eigenvalue weighted by molar-refractivity contribution is 0.103. The molecule has 2 aromatic carbocycles. The number of para-hydroxylation sites is 1. The van der Waals surface area contributed by atoms with Crippen molar-refractivity contribution in [2.75, 3.05) is 12.4 Å². The highest BCUT2D eigenvalue weighted by Crippen LogP contribution is 2.29. The molecule has 0 bridgehead atoms. The van der Waals surface area contributed by atoms with Gasteiger partial charge in [0.1, 0.15) is 6.61 Å². The highest BCUT2D eigenvalue weighted by atomic mass is 32.1. The lowest BCUT2D eigenvalue weighted by Gasteiger charge is -2.11. The number of rotatable bonds is 6. The molecule has 27 heavy (non-hydrogen) atoms. The summed E-state index contributed by atoms with van der Waals surface area (Å²) in [6.07, 6.45) is 0. The molecule has 1 amide bonds. The number of carbonyl (C=O) groups excluding carboxylic acids is 1. The average molecular weight is 381 g/mol. The van der Waals surface area contributed by atoms with Crippen LogP contribution in [0.15, 0.2) is 47.8 Å². The zero-order chi connectivity index (χ0) is 19.4. The van der Waals surface area contributed by atoms with Crippen molar-refractivity contribution in [3.8, 4) is 11.5 Å². The van der Waals surface area contributed by atoms with Crippen molar-refractivity contribution < 1.29 is 14.3 Å². The van der Waals surface area contributed by atoms with Gasteiger partial charge in [-0.25, -0.2) is 0 Å². The van der Waals surface area contributed by atoms with Crippen LogP contribution in [0.2, 0.25) is 0 Å². The number of carbonyl (C=O) groups is 1. The number of thiophene rings is 1. The zero-order valence-electron chi connectivity index (χ0n) is 16.0. The van der Waals surface area contributed by atoms with Gasteiger partial charge in [-0.2, -0.15) is 0 Å². The second kappa shape index (κ2) is 8.27. The maximum atomic E-state index is 12.6. The number of ether oxygens (including phenoxy) is 2. The summed E-state index contributed by atoms with van der Waals surface area (Å²) < 4.78 is 11.2. The van der Waals surface area contributed by atoms with Gasteiger partial charge in [-0.3, -0.25) is 4.79 Å². The van der Waals surface area contributed by atoms with E-state index in [0.29, 0.717) is 23.0 Å². The van der Waals surface area contributed by atoms with E-state index in [1.807, 2.05) is 68.6 Å². The van der Waals surface area contributed by atoms with E-state index in [1.165, 1.54) is 11.3 Å². The minimum absolute atomic E-state index is 0.100. The Morgan fingerprint density at radius 1 is 1.04 bits per heavy atom. The summed E-state index contributed by atoms with van der Waals surface area (Å²) in [4.78, 5) is 13.2. The first-order chi connectivity index (χ1) is 13.0. The van der Waals surface area contributed by atoms with Crippen LogP contribution in [0, 0.1) is 20.8 Å². The third-order valence-corrected chi connectivity index (χ3v) is 5.29.